The topological polar surface area (TPSA) is 101 Å². The molecule has 0 saturated heterocycles. The van der Waals surface area contributed by atoms with E-state index in [9.17, 15) is 5.26 Å². The number of fused-ring (bicyclic) bond motifs is 1. The van der Waals surface area contributed by atoms with E-state index < -0.39 is 5.92 Å². The van der Waals surface area contributed by atoms with Crippen LogP contribution in [0.4, 0.5) is 0 Å². The van der Waals surface area contributed by atoms with Gasteiger partial charge in [-0.25, -0.2) is 0 Å². The Morgan fingerprint density at radius 1 is 1.24 bits per heavy atom. The molecule has 4 rings (SSSR count). The van der Waals surface area contributed by atoms with Crippen LogP contribution in [0.25, 0.3) is 11.3 Å². The first-order chi connectivity index (χ1) is 12.1. The highest BCUT2D eigenvalue weighted by atomic mass is 79.9. The fraction of sp³-hybridized carbons (Fsp3) is 0.111. The SMILES string of the molecule is Cc1[nH]nc2c1C(c1ccc(-c3ccc(Br)cc3)o1)C(C#N)=C(N)O2. The molecule has 0 aliphatic carbocycles. The van der Waals surface area contributed by atoms with Crippen molar-refractivity contribution in [3.63, 3.8) is 0 Å². The second kappa shape index (κ2) is 5.83. The van der Waals surface area contributed by atoms with Crippen LogP contribution in [0.3, 0.4) is 0 Å². The third kappa shape index (κ3) is 2.51. The van der Waals surface area contributed by atoms with E-state index in [4.69, 9.17) is 14.9 Å². The number of H-pyrrole nitrogens is 1. The number of nitrogens with one attached hydrogen (secondary N) is 1. The number of nitrogens with two attached hydrogens (primary N) is 1. The summed E-state index contributed by atoms with van der Waals surface area (Å²) in [7, 11) is 0. The number of aromatic amines is 1. The largest absolute Gasteiger partial charge is 0.460 e. The molecule has 0 amide bonds. The highest BCUT2D eigenvalue weighted by molar-refractivity contribution is 9.10. The molecule has 1 aliphatic rings. The van der Waals surface area contributed by atoms with E-state index in [0.29, 0.717) is 23.0 Å². The Labute approximate surface area is 152 Å². The number of rotatable bonds is 2. The quantitative estimate of drug-likeness (QED) is 0.682. The van der Waals surface area contributed by atoms with Crippen LogP contribution in [-0.4, -0.2) is 10.2 Å². The van der Waals surface area contributed by atoms with E-state index in [1.807, 2.05) is 43.3 Å². The molecule has 0 saturated carbocycles. The van der Waals surface area contributed by atoms with E-state index in [2.05, 4.69) is 32.2 Å². The average Bonchev–Trinajstić information content (AvgIpc) is 3.22. The molecule has 0 spiro atoms. The van der Waals surface area contributed by atoms with Crippen molar-refractivity contribution in [2.75, 3.05) is 0 Å². The van der Waals surface area contributed by atoms with Gasteiger partial charge in [0.05, 0.1) is 11.5 Å². The lowest BCUT2D eigenvalue weighted by Crippen LogP contribution is -2.20. The third-order valence-electron chi connectivity index (χ3n) is 4.17. The minimum absolute atomic E-state index is 0.0492. The fourth-order valence-corrected chi connectivity index (χ4v) is 3.22. The Morgan fingerprint density at radius 3 is 2.72 bits per heavy atom. The predicted octanol–water partition coefficient (Wildman–Crippen LogP) is 3.96. The van der Waals surface area contributed by atoms with Gasteiger partial charge in [0, 0.05) is 15.7 Å². The number of aryl methyl sites for hydroxylation is 1. The van der Waals surface area contributed by atoms with Crippen LogP contribution in [0.2, 0.25) is 0 Å². The molecule has 0 fully saturated rings. The van der Waals surface area contributed by atoms with Gasteiger partial charge in [0.2, 0.25) is 11.8 Å². The molecule has 3 heterocycles. The molecule has 124 valence electrons. The lowest BCUT2D eigenvalue weighted by Gasteiger charge is -2.21. The number of nitrogens with zero attached hydrogens (tertiary/aromatic N) is 2. The molecule has 6 nitrogen and oxygen atoms in total. The van der Waals surface area contributed by atoms with Crippen LogP contribution >= 0.6 is 15.9 Å². The van der Waals surface area contributed by atoms with Gasteiger partial charge in [-0.15, -0.1) is 5.10 Å². The Hall–Kier alpha value is -2.98. The van der Waals surface area contributed by atoms with Gasteiger partial charge in [-0.1, -0.05) is 28.1 Å². The minimum atomic E-state index is -0.448. The first kappa shape index (κ1) is 15.5. The van der Waals surface area contributed by atoms with E-state index in [1.54, 1.807) is 0 Å². The number of nitriles is 1. The second-order valence-electron chi connectivity index (χ2n) is 5.70. The zero-order valence-corrected chi connectivity index (χ0v) is 14.8. The highest BCUT2D eigenvalue weighted by Gasteiger charge is 2.36. The van der Waals surface area contributed by atoms with E-state index in [0.717, 1.165) is 21.3 Å². The molecular weight excluding hydrogens is 384 g/mol. The van der Waals surface area contributed by atoms with Gasteiger partial charge in [-0.05, 0) is 31.2 Å². The Bertz CT molecular complexity index is 1020. The van der Waals surface area contributed by atoms with Gasteiger partial charge in [-0.2, -0.15) is 5.26 Å². The molecule has 1 atom stereocenters. The van der Waals surface area contributed by atoms with Gasteiger partial charge in [0.25, 0.3) is 0 Å². The van der Waals surface area contributed by atoms with Crippen LogP contribution in [0.1, 0.15) is 22.9 Å². The lowest BCUT2D eigenvalue weighted by atomic mass is 9.88. The van der Waals surface area contributed by atoms with Crippen molar-refractivity contribution in [2.24, 2.45) is 5.73 Å². The molecule has 25 heavy (non-hydrogen) atoms. The van der Waals surface area contributed by atoms with E-state index in [-0.39, 0.29) is 5.88 Å². The molecule has 0 bridgehead atoms. The first-order valence-electron chi connectivity index (χ1n) is 7.56. The number of allylic oxidation sites excluding steroid dienone is 1. The molecule has 1 aromatic carbocycles. The number of furan rings is 1. The molecule has 3 N–H and O–H groups in total. The lowest BCUT2D eigenvalue weighted by molar-refractivity contribution is 0.371. The smallest absolute Gasteiger partial charge is 0.244 e. The van der Waals surface area contributed by atoms with Gasteiger partial charge >= 0.3 is 0 Å². The van der Waals surface area contributed by atoms with Crippen molar-refractivity contribution >= 4 is 15.9 Å². The van der Waals surface area contributed by atoms with Crippen molar-refractivity contribution < 1.29 is 9.15 Å². The van der Waals surface area contributed by atoms with Crippen LogP contribution in [0, 0.1) is 18.3 Å². The first-order valence-corrected chi connectivity index (χ1v) is 8.36. The summed E-state index contributed by atoms with van der Waals surface area (Å²) in [6, 6.07) is 13.7. The third-order valence-corrected chi connectivity index (χ3v) is 4.70. The Balaban J connectivity index is 1.82. The molecule has 3 aromatic rings. The Kier molecular flexibility index (Phi) is 3.62. The average molecular weight is 397 g/mol. The molecule has 0 radical (unpaired) electrons. The summed E-state index contributed by atoms with van der Waals surface area (Å²) in [5.74, 6) is 1.31. The normalized spacial score (nSPS) is 16.3. The summed E-state index contributed by atoms with van der Waals surface area (Å²) >= 11 is 3.42. The van der Waals surface area contributed by atoms with Crippen molar-refractivity contribution in [1.82, 2.24) is 10.2 Å². The summed E-state index contributed by atoms with van der Waals surface area (Å²) in [6.45, 7) is 1.87. The van der Waals surface area contributed by atoms with Crippen LogP contribution in [-0.2, 0) is 0 Å². The maximum Gasteiger partial charge on any atom is 0.244 e. The number of hydrogen-bond donors (Lipinski definition) is 2. The number of ether oxygens (including phenoxy) is 1. The highest BCUT2D eigenvalue weighted by Crippen LogP contribution is 2.43. The summed E-state index contributed by atoms with van der Waals surface area (Å²) in [6.07, 6.45) is 0. The number of aromatic nitrogens is 2. The number of benzene rings is 1. The maximum absolute atomic E-state index is 9.56. The van der Waals surface area contributed by atoms with Crippen LogP contribution in [0.15, 0.2) is 56.7 Å². The summed E-state index contributed by atoms with van der Waals surface area (Å²) < 4.78 is 12.5. The van der Waals surface area contributed by atoms with Crippen LogP contribution < -0.4 is 10.5 Å². The predicted molar refractivity (Wildman–Crippen MR) is 94.5 cm³/mol. The number of halogens is 1. The summed E-state index contributed by atoms with van der Waals surface area (Å²) in [5, 5.41) is 16.5. The van der Waals surface area contributed by atoms with Gasteiger partial charge in [-0.3, -0.25) is 5.10 Å². The van der Waals surface area contributed by atoms with E-state index in [1.165, 1.54) is 0 Å². The van der Waals surface area contributed by atoms with Gasteiger partial charge in [0.15, 0.2) is 0 Å². The number of hydrogen-bond acceptors (Lipinski definition) is 5. The molecule has 1 unspecified atom stereocenters. The van der Waals surface area contributed by atoms with Crippen LogP contribution in [0.5, 0.6) is 5.88 Å². The van der Waals surface area contributed by atoms with Gasteiger partial charge in [0.1, 0.15) is 23.2 Å². The summed E-state index contributed by atoms with van der Waals surface area (Å²) in [5.41, 5.74) is 8.74. The molecule has 1 aliphatic heterocycles. The maximum atomic E-state index is 9.56. The molecular formula is C18H13BrN4O2. The van der Waals surface area contributed by atoms with Crippen molar-refractivity contribution in [1.29, 1.82) is 5.26 Å². The zero-order valence-electron chi connectivity index (χ0n) is 13.2. The van der Waals surface area contributed by atoms with E-state index >= 15 is 0 Å². The van der Waals surface area contributed by atoms with Crippen molar-refractivity contribution in [3.8, 4) is 23.3 Å². The molecule has 7 heteroatoms. The van der Waals surface area contributed by atoms with Crippen molar-refractivity contribution in [2.45, 2.75) is 12.8 Å². The molecule has 2 aromatic heterocycles. The summed E-state index contributed by atoms with van der Waals surface area (Å²) in [4.78, 5) is 0. The standard InChI is InChI=1S/C18H13BrN4O2/c1-9-15-16(12(8-20)17(21)25-18(15)23-22-9)14-7-6-13(24-14)10-2-4-11(19)5-3-10/h2-7,16H,21H2,1H3,(H,22,23). The second-order valence-corrected chi connectivity index (χ2v) is 6.62. The fourth-order valence-electron chi connectivity index (χ4n) is 2.96. The monoisotopic (exact) mass is 396 g/mol. The van der Waals surface area contributed by atoms with Gasteiger partial charge < -0.3 is 14.9 Å². The zero-order chi connectivity index (χ0) is 17.6. The minimum Gasteiger partial charge on any atom is -0.460 e. The Morgan fingerprint density at radius 2 is 2.00 bits per heavy atom. The van der Waals surface area contributed by atoms with Crippen molar-refractivity contribution in [3.05, 3.63) is 69.3 Å².